The molecule has 4 rings (SSSR count). The fourth-order valence-corrected chi connectivity index (χ4v) is 3.81. The lowest BCUT2D eigenvalue weighted by molar-refractivity contribution is -0.150. The van der Waals surface area contributed by atoms with Crippen LogP contribution >= 0.6 is 0 Å². The molecule has 1 unspecified atom stereocenters. The molecule has 2 aromatic rings. The monoisotopic (exact) mass is 404 g/mol. The number of carbonyl (C=O) groups is 1. The second kappa shape index (κ2) is 7.51. The van der Waals surface area contributed by atoms with Crippen LogP contribution in [-0.4, -0.2) is 70.5 Å². The predicted molar refractivity (Wildman–Crippen MR) is 102 cm³/mol. The van der Waals surface area contributed by atoms with E-state index in [1.54, 1.807) is 25.4 Å². The van der Waals surface area contributed by atoms with Crippen LogP contribution in [0.15, 0.2) is 30.7 Å². The van der Waals surface area contributed by atoms with Gasteiger partial charge in [-0.2, -0.15) is 0 Å². The van der Waals surface area contributed by atoms with Crippen molar-refractivity contribution < 1.29 is 18.3 Å². The Morgan fingerprint density at radius 2 is 2.07 bits per heavy atom. The highest BCUT2D eigenvalue weighted by atomic mass is 19.3. The van der Waals surface area contributed by atoms with Gasteiger partial charge < -0.3 is 20.3 Å². The summed E-state index contributed by atoms with van der Waals surface area (Å²) in [5.41, 5.74) is 7.68. The molecule has 2 fully saturated rings. The maximum atomic E-state index is 13.8. The third-order valence-corrected chi connectivity index (χ3v) is 5.38. The van der Waals surface area contributed by atoms with Crippen LogP contribution in [0.4, 0.5) is 14.6 Å². The van der Waals surface area contributed by atoms with E-state index in [-0.39, 0.29) is 12.3 Å². The van der Waals surface area contributed by atoms with E-state index in [0.29, 0.717) is 30.5 Å². The van der Waals surface area contributed by atoms with E-state index >= 15 is 0 Å². The highest BCUT2D eigenvalue weighted by Crippen LogP contribution is 2.31. The first-order valence-electron chi connectivity index (χ1n) is 9.36. The van der Waals surface area contributed by atoms with Gasteiger partial charge in [0.2, 0.25) is 11.8 Å². The minimum absolute atomic E-state index is 0.154. The number of rotatable bonds is 4. The van der Waals surface area contributed by atoms with Gasteiger partial charge in [-0.25, -0.2) is 23.7 Å². The van der Waals surface area contributed by atoms with Crippen molar-refractivity contribution in [3.8, 4) is 17.1 Å². The maximum Gasteiger partial charge on any atom is 0.265 e. The first-order chi connectivity index (χ1) is 13.9. The molecule has 2 aromatic heterocycles. The van der Waals surface area contributed by atoms with Crippen LogP contribution in [0.25, 0.3) is 11.3 Å². The number of nitrogens with two attached hydrogens (primary N) is 1. The lowest BCUT2D eigenvalue weighted by Gasteiger charge is -2.37. The van der Waals surface area contributed by atoms with E-state index in [1.165, 1.54) is 11.2 Å². The van der Waals surface area contributed by atoms with Crippen molar-refractivity contribution in [3.05, 3.63) is 30.7 Å². The van der Waals surface area contributed by atoms with Crippen molar-refractivity contribution in [2.75, 3.05) is 31.6 Å². The highest BCUT2D eigenvalue weighted by Gasteiger charge is 2.45. The Kier molecular flexibility index (Phi) is 5.03. The summed E-state index contributed by atoms with van der Waals surface area (Å²) in [6.07, 6.45) is 2.53. The van der Waals surface area contributed by atoms with Crippen LogP contribution < -0.4 is 15.4 Å². The second-order valence-corrected chi connectivity index (χ2v) is 7.36. The number of halogens is 2. The number of methoxy groups -OCH3 is 1. The van der Waals surface area contributed by atoms with Gasteiger partial charge >= 0.3 is 0 Å². The van der Waals surface area contributed by atoms with Crippen LogP contribution in [-0.2, 0) is 4.79 Å². The Hall–Kier alpha value is -2.88. The van der Waals surface area contributed by atoms with Gasteiger partial charge in [0.05, 0.1) is 25.4 Å². The zero-order valence-electron chi connectivity index (χ0n) is 16.0. The summed E-state index contributed by atoms with van der Waals surface area (Å²) in [4.78, 5) is 28.1. The Morgan fingerprint density at radius 1 is 1.24 bits per heavy atom. The van der Waals surface area contributed by atoms with E-state index in [9.17, 15) is 13.6 Å². The Bertz CT molecular complexity index is 895. The summed E-state index contributed by atoms with van der Waals surface area (Å²) in [7, 11) is 1.54. The summed E-state index contributed by atoms with van der Waals surface area (Å²) in [5.74, 6) is -2.02. The zero-order chi connectivity index (χ0) is 20.6. The van der Waals surface area contributed by atoms with E-state index < -0.39 is 31.0 Å². The number of amides is 1. The molecule has 8 nitrogen and oxygen atoms in total. The van der Waals surface area contributed by atoms with Crippen LogP contribution in [0.5, 0.6) is 5.88 Å². The third kappa shape index (κ3) is 3.98. The minimum Gasteiger partial charge on any atom is -0.481 e. The number of pyridine rings is 1. The average Bonchev–Trinajstić information content (AvgIpc) is 3.11. The zero-order valence-corrected chi connectivity index (χ0v) is 16.0. The molecular formula is C19H22F2N6O2. The summed E-state index contributed by atoms with van der Waals surface area (Å²) >= 11 is 0. The van der Waals surface area contributed by atoms with Gasteiger partial charge in [0.25, 0.3) is 5.92 Å². The smallest absolute Gasteiger partial charge is 0.265 e. The molecule has 0 aromatic carbocycles. The molecule has 0 saturated carbocycles. The molecule has 10 heteroatoms. The molecule has 2 atom stereocenters. The van der Waals surface area contributed by atoms with Crippen molar-refractivity contribution in [1.82, 2.24) is 19.9 Å². The number of anilines is 1. The summed E-state index contributed by atoms with van der Waals surface area (Å²) < 4.78 is 32.7. The van der Waals surface area contributed by atoms with Crippen LogP contribution in [0.1, 0.15) is 12.8 Å². The van der Waals surface area contributed by atoms with Gasteiger partial charge in [-0.1, -0.05) is 0 Å². The lowest BCUT2D eigenvalue weighted by atomic mass is 10.0. The molecule has 2 saturated heterocycles. The van der Waals surface area contributed by atoms with Crippen molar-refractivity contribution in [3.63, 3.8) is 0 Å². The van der Waals surface area contributed by atoms with Gasteiger partial charge in [0.15, 0.2) is 0 Å². The molecular weight excluding hydrogens is 382 g/mol. The summed E-state index contributed by atoms with van der Waals surface area (Å²) in [5, 5.41) is 0. The number of hydrogen-bond acceptors (Lipinski definition) is 7. The molecule has 2 aliphatic heterocycles. The van der Waals surface area contributed by atoms with E-state index in [2.05, 4.69) is 15.0 Å². The normalized spacial score (nSPS) is 24.1. The number of ether oxygens (including phenoxy) is 1. The largest absolute Gasteiger partial charge is 0.481 e. The van der Waals surface area contributed by atoms with Gasteiger partial charge in [0.1, 0.15) is 12.1 Å². The molecule has 0 spiro atoms. The number of aromatic nitrogens is 3. The standard InChI is InChI=1S/C19H22F2N6O2/c1-29-17-3-2-12(7-23-17)14-6-16(25-11-24-14)26-8-13(22)15(9-26)27-10-19(20,21)5-4-18(27)28/h2-3,6-7,11,13,15H,4-5,8-10,22H2,1H3/t13?,15-/m0/s1. The maximum absolute atomic E-state index is 13.8. The minimum atomic E-state index is -2.87. The van der Waals surface area contributed by atoms with Gasteiger partial charge in [-0.05, 0) is 6.07 Å². The van der Waals surface area contributed by atoms with Crippen molar-refractivity contribution in [2.24, 2.45) is 5.73 Å². The molecule has 29 heavy (non-hydrogen) atoms. The number of hydrogen-bond donors (Lipinski definition) is 1. The molecule has 0 aliphatic carbocycles. The Morgan fingerprint density at radius 3 is 2.79 bits per heavy atom. The molecule has 154 valence electrons. The van der Waals surface area contributed by atoms with Gasteiger partial charge in [0, 0.05) is 55.9 Å². The predicted octanol–water partition coefficient (Wildman–Crippen LogP) is 1.32. The Balaban J connectivity index is 1.53. The second-order valence-electron chi connectivity index (χ2n) is 7.36. The number of alkyl halides is 2. The molecule has 2 aliphatic rings. The number of piperidine rings is 1. The molecule has 0 radical (unpaired) electrons. The number of likely N-dealkylation sites (tertiary alicyclic amines) is 1. The molecule has 2 N–H and O–H groups in total. The van der Waals surface area contributed by atoms with Crippen molar-refractivity contribution in [1.29, 1.82) is 0 Å². The average molecular weight is 404 g/mol. The first-order valence-corrected chi connectivity index (χ1v) is 9.36. The summed E-state index contributed by atoms with van der Waals surface area (Å²) in [6, 6.07) is 4.46. The van der Waals surface area contributed by atoms with Crippen LogP contribution in [0, 0.1) is 0 Å². The van der Waals surface area contributed by atoms with E-state index in [0.717, 1.165) is 5.56 Å². The number of carbonyl (C=O) groups excluding carboxylic acids is 1. The summed E-state index contributed by atoms with van der Waals surface area (Å²) in [6.45, 7) is 0.183. The topological polar surface area (TPSA) is 97.5 Å². The quantitative estimate of drug-likeness (QED) is 0.821. The molecule has 0 bridgehead atoms. The lowest BCUT2D eigenvalue weighted by Crippen LogP contribution is -2.56. The fourth-order valence-electron chi connectivity index (χ4n) is 3.81. The van der Waals surface area contributed by atoms with Crippen molar-refractivity contribution >= 4 is 11.7 Å². The SMILES string of the molecule is COc1ccc(-c2cc(N3CC(N)[C@@H](N4CC(F)(F)CCC4=O)C3)ncn2)cn1. The van der Waals surface area contributed by atoms with E-state index in [1.807, 2.05) is 11.0 Å². The van der Waals surface area contributed by atoms with E-state index in [4.69, 9.17) is 10.5 Å². The van der Waals surface area contributed by atoms with Crippen LogP contribution in [0.3, 0.4) is 0 Å². The molecule has 4 heterocycles. The first kappa shape index (κ1) is 19.4. The highest BCUT2D eigenvalue weighted by molar-refractivity contribution is 5.78. The van der Waals surface area contributed by atoms with Gasteiger partial charge in [-0.3, -0.25) is 4.79 Å². The third-order valence-electron chi connectivity index (χ3n) is 5.38. The fraction of sp³-hybridized carbons (Fsp3) is 0.474. The Labute approximate surface area is 166 Å². The van der Waals surface area contributed by atoms with Gasteiger partial charge in [-0.15, -0.1) is 0 Å². The van der Waals surface area contributed by atoms with Crippen LogP contribution in [0.2, 0.25) is 0 Å². The molecule has 1 amide bonds. The number of nitrogens with zero attached hydrogens (tertiary/aromatic N) is 5. The van der Waals surface area contributed by atoms with Crippen molar-refractivity contribution in [2.45, 2.75) is 30.8 Å².